The Morgan fingerprint density at radius 1 is 1.23 bits per heavy atom. The third-order valence-electron chi connectivity index (χ3n) is 4.17. The van der Waals surface area contributed by atoms with Crippen LogP contribution in [0.1, 0.15) is 23.6 Å². The fourth-order valence-electron chi connectivity index (χ4n) is 2.73. The van der Waals surface area contributed by atoms with Crippen molar-refractivity contribution in [3.05, 3.63) is 64.4 Å². The van der Waals surface area contributed by atoms with Gasteiger partial charge in [-0.2, -0.15) is 13.2 Å². The Bertz CT molecular complexity index is 870. The molecule has 5 nitrogen and oxygen atoms in total. The standard InChI is InChI=1S/C17H13ClF3N3O2/c1-16(11-3-2-4-12(7-11)17(19,20)21)14(25)24(15(26)23-16)9-10-5-6-13(18)22-8-10/h2-8H,9H2,1H3,(H,23,26). The molecule has 136 valence electrons. The van der Waals surface area contributed by atoms with Gasteiger partial charge in [0.25, 0.3) is 5.91 Å². The van der Waals surface area contributed by atoms with Gasteiger partial charge in [-0.3, -0.25) is 9.69 Å². The highest BCUT2D eigenvalue weighted by atomic mass is 35.5. The Morgan fingerprint density at radius 2 is 1.96 bits per heavy atom. The molecule has 1 aromatic heterocycles. The number of nitrogens with zero attached hydrogens (tertiary/aromatic N) is 2. The van der Waals surface area contributed by atoms with Crippen molar-refractivity contribution in [2.75, 3.05) is 0 Å². The second-order valence-electron chi connectivity index (χ2n) is 6.01. The fraction of sp³-hybridized carbons (Fsp3) is 0.235. The Labute approximate surface area is 151 Å². The van der Waals surface area contributed by atoms with Gasteiger partial charge in [0.2, 0.25) is 0 Å². The van der Waals surface area contributed by atoms with Gasteiger partial charge in [-0.1, -0.05) is 29.8 Å². The number of alkyl halides is 3. The van der Waals surface area contributed by atoms with Gasteiger partial charge in [0, 0.05) is 6.20 Å². The first-order chi connectivity index (χ1) is 12.1. The van der Waals surface area contributed by atoms with Crippen LogP contribution in [-0.4, -0.2) is 21.8 Å². The first kappa shape index (κ1) is 18.2. The molecular formula is C17H13ClF3N3O2. The highest BCUT2D eigenvalue weighted by Crippen LogP contribution is 2.35. The lowest BCUT2D eigenvalue weighted by atomic mass is 9.90. The van der Waals surface area contributed by atoms with Gasteiger partial charge in [-0.15, -0.1) is 0 Å². The van der Waals surface area contributed by atoms with E-state index >= 15 is 0 Å². The Kier molecular flexibility index (Phi) is 4.39. The maximum absolute atomic E-state index is 12.9. The van der Waals surface area contributed by atoms with Crippen LogP contribution in [0, 0.1) is 0 Å². The van der Waals surface area contributed by atoms with E-state index in [0.717, 1.165) is 17.0 Å². The largest absolute Gasteiger partial charge is 0.416 e. The van der Waals surface area contributed by atoms with Gasteiger partial charge in [0.05, 0.1) is 12.1 Å². The minimum absolute atomic E-state index is 0.0578. The maximum atomic E-state index is 12.9. The molecule has 0 spiro atoms. The number of amides is 3. The van der Waals surface area contributed by atoms with Gasteiger partial charge in [-0.05, 0) is 36.2 Å². The molecule has 2 heterocycles. The lowest BCUT2D eigenvalue weighted by molar-refractivity contribution is -0.138. The number of pyridine rings is 1. The SMILES string of the molecule is CC1(c2cccc(C(F)(F)F)c2)NC(=O)N(Cc2ccc(Cl)nc2)C1=O. The molecule has 1 atom stereocenters. The number of hydrogen-bond donors (Lipinski definition) is 1. The summed E-state index contributed by atoms with van der Waals surface area (Å²) in [6.07, 6.45) is -3.13. The van der Waals surface area contributed by atoms with Crippen molar-refractivity contribution in [2.45, 2.75) is 25.2 Å². The van der Waals surface area contributed by atoms with E-state index in [-0.39, 0.29) is 17.3 Å². The minimum Gasteiger partial charge on any atom is -0.319 e. The number of aromatic nitrogens is 1. The molecule has 1 aromatic carbocycles. The molecule has 0 aliphatic carbocycles. The fourth-order valence-corrected chi connectivity index (χ4v) is 2.84. The van der Waals surface area contributed by atoms with Crippen LogP contribution in [0.2, 0.25) is 5.15 Å². The minimum atomic E-state index is -4.55. The van der Waals surface area contributed by atoms with Crippen LogP contribution < -0.4 is 5.32 Å². The van der Waals surface area contributed by atoms with Crippen molar-refractivity contribution >= 4 is 23.5 Å². The number of carbonyl (C=O) groups is 2. The summed E-state index contributed by atoms with van der Waals surface area (Å²) in [5, 5.41) is 2.74. The Morgan fingerprint density at radius 3 is 2.58 bits per heavy atom. The van der Waals surface area contributed by atoms with Crippen LogP contribution >= 0.6 is 11.6 Å². The van der Waals surface area contributed by atoms with Crippen LogP contribution in [0.25, 0.3) is 0 Å². The summed E-state index contributed by atoms with van der Waals surface area (Å²) in [7, 11) is 0. The van der Waals surface area contributed by atoms with E-state index in [4.69, 9.17) is 11.6 Å². The molecule has 3 rings (SSSR count). The van der Waals surface area contributed by atoms with Gasteiger partial charge in [0.1, 0.15) is 10.7 Å². The van der Waals surface area contributed by atoms with Crippen molar-refractivity contribution in [3.63, 3.8) is 0 Å². The molecule has 0 bridgehead atoms. The normalized spacial score (nSPS) is 20.4. The first-order valence-corrected chi connectivity index (χ1v) is 7.91. The van der Waals surface area contributed by atoms with Gasteiger partial charge >= 0.3 is 12.2 Å². The van der Waals surface area contributed by atoms with Crippen LogP contribution in [0.5, 0.6) is 0 Å². The van der Waals surface area contributed by atoms with Crippen molar-refractivity contribution in [3.8, 4) is 0 Å². The molecule has 1 unspecified atom stereocenters. The smallest absolute Gasteiger partial charge is 0.319 e. The Hall–Kier alpha value is -2.61. The van der Waals surface area contributed by atoms with E-state index in [1.807, 2.05) is 0 Å². The summed E-state index contributed by atoms with van der Waals surface area (Å²) in [5.41, 5.74) is -1.86. The van der Waals surface area contributed by atoms with Crippen molar-refractivity contribution in [2.24, 2.45) is 0 Å². The summed E-state index contributed by atoms with van der Waals surface area (Å²) in [5.74, 6) is -0.642. The first-order valence-electron chi connectivity index (χ1n) is 7.53. The molecule has 1 N–H and O–H groups in total. The van der Waals surface area contributed by atoms with Gasteiger partial charge < -0.3 is 5.32 Å². The summed E-state index contributed by atoms with van der Waals surface area (Å²) < 4.78 is 38.8. The second-order valence-corrected chi connectivity index (χ2v) is 6.40. The van der Waals surface area contributed by atoms with E-state index in [1.54, 1.807) is 6.07 Å². The molecule has 26 heavy (non-hydrogen) atoms. The molecule has 1 aliphatic rings. The molecule has 1 saturated heterocycles. The van der Waals surface area contributed by atoms with Crippen LogP contribution in [0.3, 0.4) is 0 Å². The van der Waals surface area contributed by atoms with E-state index in [1.165, 1.54) is 31.3 Å². The number of rotatable bonds is 3. The molecule has 1 fully saturated rings. The molecule has 3 amide bonds. The van der Waals surface area contributed by atoms with Crippen molar-refractivity contribution in [1.29, 1.82) is 0 Å². The lowest BCUT2D eigenvalue weighted by Gasteiger charge is -2.23. The monoisotopic (exact) mass is 383 g/mol. The number of carbonyl (C=O) groups excluding carboxylic acids is 2. The summed E-state index contributed by atoms with van der Waals surface area (Å²) in [6, 6.07) is 6.79. The predicted molar refractivity (Wildman–Crippen MR) is 87.1 cm³/mol. The maximum Gasteiger partial charge on any atom is 0.416 e. The summed E-state index contributed by atoms with van der Waals surface area (Å²) in [6.45, 7) is 1.31. The van der Waals surface area contributed by atoms with E-state index in [2.05, 4.69) is 10.3 Å². The van der Waals surface area contributed by atoms with E-state index in [9.17, 15) is 22.8 Å². The van der Waals surface area contributed by atoms with Crippen LogP contribution in [0.15, 0.2) is 42.6 Å². The summed E-state index contributed by atoms with van der Waals surface area (Å²) >= 11 is 5.70. The van der Waals surface area contributed by atoms with Crippen LogP contribution in [0.4, 0.5) is 18.0 Å². The van der Waals surface area contributed by atoms with E-state index in [0.29, 0.717) is 5.56 Å². The number of hydrogen-bond acceptors (Lipinski definition) is 3. The molecule has 0 radical (unpaired) electrons. The third kappa shape index (κ3) is 3.24. The topological polar surface area (TPSA) is 62.3 Å². The number of imide groups is 1. The zero-order chi connectivity index (χ0) is 19.1. The van der Waals surface area contributed by atoms with E-state index < -0.39 is 29.2 Å². The average molecular weight is 384 g/mol. The van der Waals surface area contributed by atoms with Gasteiger partial charge in [-0.25, -0.2) is 9.78 Å². The quantitative estimate of drug-likeness (QED) is 0.649. The number of halogens is 4. The highest BCUT2D eigenvalue weighted by Gasteiger charge is 2.49. The third-order valence-corrected chi connectivity index (χ3v) is 4.40. The number of benzene rings is 1. The number of nitrogens with one attached hydrogen (secondary N) is 1. The molecule has 0 saturated carbocycles. The molecular weight excluding hydrogens is 371 g/mol. The molecule has 1 aliphatic heterocycles. The average Bonchev–Trinajstić information content (AvgIpc) is 2.80. The zero-order valence-corrected chi connectivity index (χ0v) is 14.2. The highest BCUT2D eigenvalue weighted by molar-refractivity contribution is 6.29. The van der Waals surface area contributed by atoms with Crippen molar-refractivity contribution in [1.82, 2.24) is 15.2 Å². The molecule has 9 heteroatoms. The van der Waals surface area contributed by atoms with Gasteiger partial charge in [0.15, 0.2) is 0 Å². The zero-order valence-electron chi connectivity index (χ0n) is 13.5. The Balaban J connectivity index is 1.91. The lowest BCUT2D eigenvalue weighted by Crippen LogP contribution is -2.41. The predicted octanol–water partition coefficient (Wildman–Crippen LogP) is 3.72. The van der Waals surface area contributed by atoms with Crippen molar-refractivity contribution < 1.29 is 22.8 Å². The summed E-state index contributed by atoms with van der Waals surface area (Å²) in [4.78, 5) is 29.8. The molecule has 2 aromatic rings. The van der Waals surface area contributed by atoms with Crippen LogP contribution in [-0.2, 0) is 23.1 Å². The number of urea groups is 1. The second kappa shape index (κ2) is 6.28.